The van der Waals surface area contributed by atoms with E-state index in [9.17, 15) is 31.2 Å². The number of nitrogens with one attached hydrogen (secondary N) is 2. The van der Waals surface area contributed by atoms with Gasteiger partial charge in [0, 0.05) is 12.6 Å². The molecule has 0 unspecified atom stereocenters. The smallest absolute Gasteiger partial charge is 0.326 e. The summed E-state index contributed by atoms with van der Waals surface area (Å²) in [7, 11) is -4.46. The van der Waals surface area contributed by atoms with Crippen molar-refractivity contribution in [3.05, 3.63) is 88.9 Å². The minimum Gasteiger partial charge on any atom is -0.326 e. The number of nitrogens with zero attached hydrogens (tertiary/aromatic N) is 2. The van der Waals surface area contributed by atoms with Gasteiger partial charge in [0.1, 0.15) is 6.54 Å². The number of benzene rings is 3. The molecule has 200 valence electrons. The van der Waals surface area contributed by atoms with Crippen molar-refractivity contribution < 1.29 is 31.2 Å². The first-order valence-electron chi connectivity index (χ1n) is 10.9. The quantitative estimate of drug-likeness (QED) is 0.294. The lowest BCUT2D eigenvalue weighted by molar-refractivity contribution is -0.137. The zero-order chi connectivity index (χ0) is 28.1. The van der Waals surface area contributed by atoms with Crippen molar-refractivity contribution in [2.24, 2.45) is 5.10 Å². The van der Waals surface area contributed by atoms with Crippen LogP contribution in [0.3, 0.4) is 0 Å². The van der Waals surface area contributed by atoms with Gasteiger partial charge >= 0.3 is 6.18 Å². The predicted molar refractivity (Wildman–Crippen MR) is 139 cm³/mol. The maximum Gasteiger partial charge on any atom is 0.417 e. The molecule has 0 saturated carbocycles. The van der Waals surface area contributed by atoms with Crippen molar-refractivity contribution in [3.63, 3.8) is 0 Å². The minimum absolute atomic E-state index is 0.231. The van der Waals surface area contributed by atoms with Crippen molar-refractivity contribution in [1.29, 1.82) is 0 Å². The SMILES string of the molecule is CC(=O)Nc1cccc(C(C)=NNC(=O)CN(c2ccc(Cl)c(C(F)(F)F)c2)S(=O)(=O)c2ccccc2)c1. The molecule has 3 aromatic carbocycles. The third-order valence-electron chi connectivity index (χ3n) is 5.11. The molecule has 0 spiro atoms. The molecule has 0 aliphatic rings. The van der Waals surface area contributed by atoms with Crippen LogP contribution in [0.25, 0.3) is 0 Å². The Labute approximate surface area is 222 Å². The molecule has 0 bridgehead atoms. The lowest BCUT2D eigenvalue weighted by Crippen LogP contribution is -2.40. The monoisotopic (exact) mass is 566 g/mol. The van der Waals surface area contributed by atoms with Crippen LogP contribution in [0.15, 0.2) is 82.8 Å². The zero-order valence-electron chi connectivity index (χ0n) is 20.1. The first kappa shape index (κ1) is 28.7. The maximum atomic E-state index is 13.5. The van der Waals surface area contributed by atoms with Gasteiger partial charge < -0.3 is 5.32 Å². The van der Waals surface area contributed by atoms with Crippen LogP contribution in [-0.4, -0.2) is 32.5 Å². The maximum absolute atomic E-state index is 13.5. The van der Waals surface area contributed by atoms with E-state index in [1.807, 2.05) is 0 Å². The average Bonchev–Trinajstić information content (AvgIpc) is 2.86. The number of hydrogen-bond donors (Lipinski definition) is 2. The number of rotatable bonds is 8. The van der Waals surface area contributed by atoms with E-state index >= 15 is 0 Å². The third-order valence-corrected chi connectivity index (χ3v) is 7.23. The summed E-state index contributed by atoms with van der Waals surface area (Å²) >= 11 is 5.70. The molecule has 0 radical (unpaired) electrons. The molecule has 8 nitrogen and oxygen atoms in total. The molecule has 0 saturated heterocycles. The van der Waals surface area contributed by atoms with Crippen LogP contribution in [0.4, 0.5) is 24.5 Å². The molecule has 0 aliphatic heterocycles. The van der Waals surface area contributed by atoms with Gasteiger partial charge in [-0.1, -0.05) is 41.9 Å². The molecule has 38 heavy (non-hydrogen) atoms. The van der Waals surface area contributed by atoms with Gasteiger partial charge in [0.25, 0.3) is 15.9 Å². The number of anilines is 2. The standard InChI is InChI=1S/C25H22ClF3N4O4S/c1-16(18-7-6-8-19(13-18)30-17(2)34)31-32-24(35)15-33(38(36,37)21-9-4-3-5-10-21)20-11-12-23(26)22(14-20)25(27,28)29/h3-14H,15H2,1-2H3,(H,30,34)(H,32,35). The summed E-state index contributed by atoms with van der Waals surface area (Å²) in [4.78, 5) is 23.8. The number of sulfonamides is 1. The summed E-state index contributed by atoms with van der Waals surface area (Å²) in [6.07, 6.45) is -4.86. The van der Waals surface area contributed by atoms with Crippen LogP contribution >= 0.6 is 11.6 Å². The first-order valence-corrected chi connectivity index (χ1v) is 12.8. The van der Waals surface area contributed by atoms with Gasteiger partial charge in [-0.3, -0.25) is 13.9 Å². The van der Waals surface area contributed by atoms with Crippen LogP contribution < -0.4 is 15.0 Å². The Balaban J connectivity index is 1.93. The molecule has 3 aromatic rings. The number of amides is 2. The summed E-state index contributed by atoms with van der Waals surface area (Å²) < 4.78 is 67.7. The van der Waals surface area contributed by atoms with E-state index in [2.05, 4.69) is 15.8 Å². The zero-order valence-corrected chi connectivity index (χ0v) is 21.7. The fraction of sp³-hybridized carbons (Fsp3) is 0.160. The molecule has 3 rings (SSSR count). The summed E-state index contributed by atoms with van der Waals surface area (Å²) in [6, 6.07) is 16.1. The van der Waals surface area contributed by atoms with E-state index in [-0.39, 0.29) is 10.8 Å². The number of carbonyl (C=O) groups is 2. The second-order valence-corrected chi connectivity index (χ2v) is 10.3. The van der Waals surface area contributed by atoms with Crippen molar-refractivity contribution in [1.82, 2.24) is 5.43 Å². The van der Waals surface area contributed by atoms with Gasteiger partial charge in [0.15, 0.2) is 0 Å². The van der Waals surface area contributed by atoms with Crippen molar-refractivity contribution in [2.75, 3.05) is 16.2 Å². The molecule has 2 amide bonds. The summed E-state index contributed by atoms with van der Waals surface area (Å²) in [6.45, 7) is 2.04. The fourth-order valence-corrected chi connectivity index (χ4v) is 4.98. The molecule has 0 atom stereocenters. The van der Waals surface area contributed by atoms with Gasteiger partial charge in [0.2, 0.25) is 5.91 Å². The van der Waals surface area contributed by atoms with E-state index in [0.717, 1.165) is 12.1 Å². The Kier molecular flexibility index (Phi) is 8.79. The van der Waals surface area contributed by atoms with E-state index in [1.165, 1.54) is 31.2 Å². The topological polar surface area (TPSA) is 108 Å². The number of alkyl halides is 3. The van der Waals surface area contributed by atoms with E-state index in [0.29, 0.717) is 27.3 Å². The van der Waals surface area contributed by atoms with Crippen molar-refractivity contribution in [2.45, 2.75) is 24.9 Å². The number of hydrazone groups is 1. The van der Waals surface area contributed by atoms with E-state index < -0.39 is 44.9 Å². The summed E-state index contributed by atoms with van der Waals surface area (Å²) in [5.74, 6) is -1.19. The molecular weight excluding hydrogens is 545 g/mol. The lowest BCUT2D eigenvalue weighted by atomic mass is 10.1. The Morgan fingerprint density at radius 1 is 0.974 bits per heavy atom. The van der Waals surface area contributed by atoms with Crippen LogP contribution in [0.5, 0.6) is 0 Å². The third kappa shape index (κ3) is 7.11. The molecular formula is C25H22ClF3N4O4S. The molecule has 13 heteroatoms. The van der Waals surface area contributed by atoms with Gasteiger partial charge in [-0.25, -0.2) is 13.8 Å². The van der Waals surface area contributed by atoms with Gasteiger partial charge in [0.05, 0.1) is 26.9 Å². The van der Waals surface area contributed by atoms with E-state index in [1.54, 1.807) is 37.3 Å². The van der Waals surface area contributed by atoms with Crippen LogP contribution in [0, 0.1) is 0 Å². The second-order valence-electron chi connectivity index (χ2n) is 7.98. The molecule has 0 aliphatic carbocycles. The van der Waals surface area contributed by atoms with Gasteiger partial charge in [-0.15, -0.1) is 0 Å². The highest BCUT2D eigenvalue weighted by molar-refractivity contribution is 7.92. The molecule has 2 N–H and O–H groups in total. The predicted octanol–water partition coefficient (Wildman–Crippen LogP) is 5.05. The largest absolute Gasteiger partial charge is 0.417 e. The fourth-order valence-electron chi connectivity index (χ4n) is 3.32. The normalized spacial score (nSPS) is 12.1. The Morgan fingerprint density at radius 2 is 1.66 bits per heavy atom. The average molecular weight is 567 g/mol. The highest BCUT2D eigenvalue weighted by atomic mass is 35.5. The molecule has 0 fully saturated rings. The Hall–Kier alpha value is -3.90. The highest BCUT2D eigenvalue weighted by Gasteiger charge is 2.35. The Morgan fingerprint density at radius 3 is 2.29 bits per heavy atom. The highest BCUT2D eigenvalue weighted by Crippen LogP contribution is 2.38. The van der Waals surface area contributed by atoms with Crippen molar-refractivity contribution in [3.8, 4) is 0 Å². The number of carbonyl (C=O) groups excluding carboxylic acids is 2. The lowest BCUT2D eigenvalue weighted by Gasteiger charge is -2.25. The van der Waals surface area contributed by atoms with Gasteiger partial charge in [-0.05, 0) is 55.0 Å². The Bertz CT molecular complexity index is 1480. The van der Waals surface area contributed by atoms with Crippen LogP contribution in [-0.2, 0) is 25.8 Å². The van der Waals surface area contributed by atoms with E-state index in [4.69, 9.17) is 11.6 Å². The number of hydrogen-bond acceptors (Lipinski definition) is 5. The van der Waals surface area contributed by atoms with Crippen LogP contribution in [0.2, 0.25) is 5.02 Å². The van der Waals surface area contributed by atoms with Crippen LogP contribution in [0.1, 0.15) is 25.0 Å². The van der Waals surface area contributed by atoms with Gasteiger partial charge in [-0.2, -0.15) is 18.3 Å². The molecule has 0 aromatic heterocycles. The summed E-state index contributed by atoms with van der Waals surface area (Å²) in [5.41, 5.74) is 1.94. The summed E-state index contributed by atoms with van der Waals surface area (Å²) in [5, 5.41) is 5.96. The molecule has 0 heterocycles. The number of halogens is 4. The first-order chi connectivity index (χ1) is 17.8. The van der Waals surface area contributed by atoms with Crippen molar-refractivity contribution >= 4 is 50.5 Å². The minimum atomic E-state index is -4.86. The second kappa shape index (κ2) is 11.7.